The molecule has 2 N–H and O–H groups in total. The number of carbonyl (C=O) groups is 3. The molecular weight excluding hydrogens is 230 g/mol. The van der Waals surface area contributed by atoms with Gasteiger partial charge in [-0.2, -0.15) is 0 Å². The standard InChI is InChI=1S/C14H19NO3/c1-5-10(6-11(15)16)12-9(4)13(17)7(2)8(3)14(12)18/h10H,5-6H2,1-4H3,(H2,15,16). The van der Waals surface area contributed by atoms with Crippen LogP contribution in [0.1, 0.15) is 40.5 Å². The Morgan fingerprint density at radius 3 is 2.00 bits per heavy atom. The van der Waals surface area contributed by atoms with Gasteiger partial charge in [-0.25, -0.2) is 0 Å². The van der Waals surface area contributed by atoms with Crippen LogP contribution in [0.2, 0.25) is 0 Å². The van der Waals surface area contributed by atoms with Crippen molar-refractivity contribution in [2.45, 2.75) is 40.5 Å². The van der Waals surface area contributed by atoms with Crippen molar-refractivity contribution in [1.29, 1.82) is 0 Å². The topological polar surface area (TPSA) is 77.2 Å². The van der Waals surface area contributed by atoms with Crippen molar-refractivity contribution in [2.75, 3.05) is 0 Å². The normalized spacial score (nSPS) is 18.4. The molecule has 1 atom stereocenters. The largest absolute Gasteiger partial charge is 0.370 e. The lowest BCUT2D eigenvalue weighted by Gasteiger charge is -2.24. The Hall–Kier alpha value is -1.71. The zero-order chi connectivity index (χ0) is 14.0. The number of carbonyl (C=O) groups excluding carboxylic acids is 3. The van der Waals surface area contributed by atoms with Gasteiger partial charge in [0.2, 0.25) is 5.91 Å². The number of amides is 1. The van der Waals surface area contributed by atoms with Gasteiger partial charge in [0.1, 0.15) is 0 Å². The fourth-order valence-corrected chi connectivity index (χ4v) is 2.30. The number of nitrogens with two attached hydrogens (primary N) is 1. The Bertz CT molecular complexity index is 483. The summed E-state index contributed by atoms with van der Waals surface area (Å²) in [7, 11) is 0. The highest BCUT2D eigenvalue weighted by atomic mass is 16.1. The van der Waals surface area contributed by atoms with E-state index in [1.807, 2.05) is 6.92 Å². The van der Waals surface area contributed by atoms with Crippen molar-refractivity contribution in [1.82, 2.24) is 0 Å². The Kier molecular flexibility index (Phi) is 4.22. The van der Waals surface area contributed by atoms with Crippen molar-refractivity contribution in [3.05, 3.63) is 22.3 Å². The maximum atomic E-state index is 12.3. The van der Waals surface area contributed by atoms with Crippen molar-refractivity contribution < 1.29 is 14.4 Å². The molecule has 0 aromatic rings. The summed E-state index contributed by atoms with van der Waals surface area (Å²) in [6, 6.07) is 0. The van der Waals surface area contributed by atoms with Crippen LogP contribution in [0, 0.1) is 5.92 Å². The third-order valence-corrected chi connectivity index (χ3v) is 3.58. The number of hydrogen-bond donors (Lipinski definition) is 1. The average Bonchev–Trinajstić information content (AvgIpc) is 2.32. The molecule has 18 heavy (non-hydrogen) atoms. The number of primary amides is 1. The molecule has 1 amide bonds. The van der Waals surface area contributed by atoms with Gasteiger partial charge in [-0.1, -0.05) is 6.92 Å². The van der Waals surface area contributed by atoms with Crippen LogP contribution in [-0.4, -0.2) is 17.5 Å². The molecule has 98 valence electrons. The number of rotatable bonds is 4. The van der Waals surface area contributed by atoms with Crippen LogP contribution in [0.25, 0.3) is 0 Å². The van der Waals surface area contributed by atoms with Crippen LogP contribution in [0.5, 0.6) is 0 Å². The fourth-order valence-electron chi connectivity index (χ4n) is 2.30. The average molecular weight is 249 g/mol. The summed E-state index contributed by atoms with van der Waals surface area (Å²) in [6.45, 7) is 6.84. The summed E-state index contributed by atoms with van der Waals surface area (Å²) in [5.41, 5.74) is 7.08. The minimum atomic E-state index is -0.452. The van der Waals surface area contributed by atoms with Crippen LogP contribution < -0.4 is 5.73 Å². The Morgan fingerprint density at radius 2 is 1.56 bits per heavy atom. The summed E-state index contributed by atoms with van der Waals surface area (Å²) in [4.78, 5) is 35.3. The molecule has 0 bridgehead atoms. The minimum absolute atomic E-state index is 0.106. The van der Waals surface area contributed by atoms with Crippen molar-refractivity contribution in [3.63, 3.8) is 0 Å². The van der Waals surface area contributed by atoms with E-state index in [0.29, 0.717) is 28.7 Å². The van der Waals surface area contributed by atoms with Gasteiger partial charge in [-0.05, 0) is 33.1 Å². The van der Waals surface area contributed by atoms with E-state index >= 15 is 0 Å². The highest BCUT2D eigenvalue weighted by Gasteiger charge is 2.32. The molecule has 0 saturated heterocycles. The van der Waals surface area contributed by atoms with Crippen LogP contribution in [0.4, 0.5) is 0 Å². The van der Waals surface area contributed by atoms with Gasteiger partial charge in [-0.15, -0.1) is 0 Å². The first-order chi connectivity index (χ1) is 8.31. The molecule has 1 rings (SSSR count). The van der Waals surface area contributed by atoms with E-state index in [-0.39, 0.29) is 23.9 Å². The van der Waals surface area contributed by atoms with Gasteiger partial charge in [0.15, 0.2) is 11.6 Å². The highest BCUT2D eigenvalue weighted by Crippen LogP contribution is 2.31. The van der Waals surface area contributed by atoms with Crippen LogP contribution in [0.15, 0.2) is 22.3 Å². The van der Waals surface area contributed by atoms with Gasteiger partial charge in [0.25, 0.3) is 0 Å². The van der Waals surface area contributed by atoms with E-state index in [2.05, 4.69) is 0 Å². The molecule has 1 unspecified atom stereocenters. The molecule has 4 nitrogen and oxygen atoms in total. The molecular formula is C14H19NO3. The van der Waals surface area contributed by atoms with E-state index < -0.39 is 5.91 Å². The van der Waals surface area contributed by atoms with E-state index in [0.717, 1.165) is 0 Å². The molecule has 0 saturated carbocycles. The first-order valence-corrected chi connectivity index (χ1v) is 6.07. The molecule has 4 heteroatoms. The maximum Gasteiger partial charge on any atom is 0.218 e. The van der Waals surface area contributed by atoms with Crippen LogP contribution >= 0.6 is 0 Å². The summed E-state index contributed by atoms with van der Waals surface area (Å²) in [6.07, 6.45) is 0.718. The van der Waals surface area contributed by atoms with Crippen LogP contribution in [-0.2, 0) is 14.4 Å². The molecule has 1 aliphatic rings. The second-order valence-corrected chi connectivity index (χ2v) is 4.72. The molecule has 0 heterocycles. The van der Waals surface area contributed by atoms with Crippen LogP contribution in [0.3, 0.4) is 0 Å². The predicted molar refractivity (Wildman–Crippen MR) is 68.7 cm³/mol. The van der Waals surface area contributed by atoms with Gasteiger partial charge < -0.3 is 5.73 Å². The molecule has 0 aliphatic heterocycles. The summed E-state index contributed by atoms with van der Waals surface area (Å²) in [5, 5.41) is 0. The third-order valence-electron chi connectivity index (χ3n) is 3.58. The Morgan fingerprint density at radius 1 is 1.06 bits per heavy atom. The Balaban J connectivity index is 3.25. The van der Waals surface area contributed by atoms with Gasteiger partial charge in [0.05, 0.1) is 0 Å². The lowest BCUT2D eigenvalue weighted by molar-refractivity contribution is -0.119. The van der Waals surface area contributed by atoms with Crippen molar-refractivity contribution in [3.8, 4) is 0 Å². The molecule has 0 spiro atoms. The fraction of sp³-hybridized carbons (Fsp3) is 0.500. The Labute approximate surface area is 107 Å². The van der Waals surface area contributed by atoms with E-state index in [4.69, 9.17) is 5.73 Å². The first kappa shape index (κ1) is 14.4. The molecule has 0 aromatic carbocycles. The summed E-state index contributed by atoms with van der Waals surface area (Å²) >= 11 is 0. The number of Topliss-reactive ketones (excluding diaryl/α,β-unsaturated/α-hetero) is 2. The predicted octanol–water partition coefficient (Wildman–Crippen LogP) is 1.69. The number of hydrogen-bond acceptors (Lipinski definition) is 3. The van der Waals surface area contributed by atoms with E-state index in [1.165, 1.54) is 0 Å². The first-order valence-electron chi connectivity index (χ1n) is 6.07. The van der Waals surface area contributed by atoms with Gasteiger partial charge in [0, 0.05) is 28.7 Å². The number of allylic oxidation sites excluding steroid dienone is 4. The van der Waals surface area contributed by atoms with Crippen molar-refractivity contribution >= 4 is 17.5 Å². The lowest BCUT2D eigenvalue weighted by Crippen LogP contribution is -2.27. The zero-order valence-corrected chi connectivity index (χ0v) is 11.3. The molecule has 0 fully saturated rings. The maximum absolute atomic E-state index is 12.3. The molecule has 0 aromatic heterocycles. The third kappa shape index (κ3) is 2.42. The molecule has 0 radical (unpaired) electrons. The number of ketones is 2. The highest BCUT2D eigenvalue weighted by molar-refractivity contribution is 6.24. The lowest BCUT2D eigenvalue weighted by atomic mass is 9.78. The van der Waals surface area contributed by atoms with E-state index in [9.17, 15) is 14.4 Å². The summed E-state index contributed by atoms with van der Waals surface area (Å²) in [5.74, 6) is -0.948. The minimum Gasteiger partial charge on any atom is -0.370 e. The van der Waals surface area contributed by atoms with E-state index in [1.54, 1.807) is 20.8 Å². The quantitative estimate of drug-likeness (QED) is 0.770. The van der Waals surface area contributed by atoms with Gasteiger partial charge >= 0.3 is 0 Å². The van der Waals surface area contributed by atoms with Gasteiger partial charge in [-0.3, -0.25) is 14.4 Å². The summed E-state index contributed by atoms with van der Waals surface area (Å²) < 4.78 is 0. The smallest absolute Gasteiger partial charge is 0.218 e. The second kappa shape index (κ2) is 5.29. The zero-order valence-electron chi connectivity index (χ0n) is 11.3. The van der Waals surface area contributed by atoms with Crippen molar-refractivity contribution in [2.24, 2.45) is 11.7 Å². The monoisotopic (exact) mass is 249 g/mol. The SMILES string of the molecule is CCC(CC(N)=O)C1=C(C)C(=O)C(C)=C(C)C1=O. The molecule has 1 aliphatic carbocycles. The second-order valence-electron chi connectivity index (χ2n) is 4.72.